The highest BCUT2D eigenvalue weighted by Gasteiger charge is 2.24. The Labute approximate surface area is 208 Å². The van der Waals surface area contributed by atoms with Gasteiger partial charge >= 0.3 is 0 Å². The standard InChI is InChI=1S/C27H25N7O2/c1-19-7-6-8-20(17-19)26-29-27(36-31-26)25-21-9-2-3-10-22(21)34(30-25)18-24(35)33-15-13-32(14-16-33)23-11-4-5-12-28-23/h2-12,17H,13-16,18H2,1H3. The highest BCUT2D eigenvalue weighted by Crippen LogP contribution is 2.29. The topological polar surface area (TPSA) is 93.2 Å². The zero-order valence-corrected chi connectivity index (χ0v) is 19.9. The molecule has 0 spiro atoms. The van der Waals surface area contributed by atoms with E-state index in [1.807, 2.05) is 78.6 Å². The van der Waals surface area contributed by atoms with Crippen molar-refractivity contribution >= 4 is 22.6 Å². The number of hydrogen-bond donors (Lipinski definition) is 0. The molecule has 5 aromatic rings. The fraction of sp³-hybridized carbons (Fsp3) is 0.222. The van der Waals surface area contributed by atoms with Crippen molar-refractivity contribution in [2.24, 2.45) is 0 Å². The van der Waals surface area contributed by atoms with Gasteiger partial charge in [0.05, 0.1) is 5.52 Å². The van der Waals surface area contributed by atoms with Crippen LogP contribution >= 0.6 is 0 Å². The first-order chi connectivity index (χ1) is 17.7. The van der Waals surface area contributed by atoms with E-state index in [2.05, 4.69) is 20.0 Å². The average molecular weight is 480 g/mol. The van der Waals surface area contributed by atoms with E-state index in [0.29, 0.717) is 30.5 Å². The first-order valence-corrected chi connectivity index (χ1v) is 12.0. The van der Waals surface area contributed by atoms with Gasteiger partial charge in [-0.3, -0.25) is 9.48 Å². The molecule has 1 amide bonds. The molecule has 9 heteroatoms. The number of piperazine rings is 1. The molecule has 180 valence electrons. The normalized spacial score (nSPS) is 13.9. The zero-order chi connectivity index (χ0) is 24.5. The van der Waals surface area contributed by atoms with E-state index in [4.69, 9.17) is 9.62 Å². The van der Waals surface area contributed by atoms with E-state index in [-0.39, 0.29) is 12.5 Å². The Morgan fingerprint density at radius 1 is 0.972 bits per heavy atom. The molecule has 1 aliphatic rings. The van der Waals surface area contributed by atoms with E-state index in [9.17, 15) is 4.79 Å². The molecule has 0 N–H and O–H groups in total. The molecule has 0 radical (unpaired) electrons. The molecule has 1 fully saturated rings. The van der Waals surface area contributed by atoms with Crippen LogP contribution in [0.3, 0.4) is 0 Å². The zero-order valence-electron chi connectivity index (χ0n) is 19.9. The van der Waals surface area contributed by atoms with Crippen LogP contribution in [0.25, 0.3) is 33.9 Å². The summed E-state index contributed by atoms with van der Waals surface area (Å²) in [4.78, 5) is 26.3. The molecule has 0 aliphatic carbocycles. The Bertz CT molecular complexity index is 1520. The monoisotopic (exact) mass is 479 g/mol. The molecule has 1 aliphatic heterocycles. The second-order valence-electron chi connectivity index (χ2n) is 8.87. The minimum atomic E-state index is 0.0291. The van der Waals surface area contributed by atoms with Gasteiger partial charge < -0.3 is 14.3 Å². The third-order valence-corrected chi connectivity index (χ3v) is 6.45. The summed E-state index contributed by atoms with van der Waals surface area (Å²) in [5, 5.41) is 9.77. The number of hydrogen-bond acceptors (Lipinski definition) is 7. The van der Waals surface area contributed by atoms with Gasteiger partial charge in [0.25, 0.3) is 5.89 Å². The van der Waals surface area contributed by atoms with Gasteiger partial charge in [-0.05, 0) is 31.2 Å². The van der Waals surface area contributed by atoms with Crippen LogP contribution in [0.4, 0.5) is 5.82 Å². The van der Waals surface area contributed by atoms with Crippen molar-refractivity contribution < 1.29 is 9.32 Å². The third kappa shape index (κ3) is 4.19. The molecule has 36 heavy (non-hydrogen) atoms. The maximum atomic E-state index is 13.2. The second-order valence-corrected chi connectivity index (χ2v) is 8.87. The summed E-state index contributed by atoms with van der Waals surface area (Å²) in [6.07, 6.45) is 1.79. The van der Waals surface area contributed by atoms with Gasteiger partial charge in [0, 0.05) is 43.3 Å². The van der Waals surface area contributed by atoms with Crippen molar-refractivity contribution in [3.05, 3.63) is 78.5 Å². The molecule has 4 heterocycles. The number of rotatable bonds is 5. The van der Waals surface area contributed by atoms with Gasteiger partial charge in [0.1, 0.15) is 12.4 Å². The van der Waals surface area contributed by atoms with E-state index in [1.54, 1.807) is 10.9 Å². The minimum absolute atomic E-state index is 0.0291. The van der Waals surface area contributed by atoms with Crippen LogP contribution < -0.4 is 4.90 Å². The van der Waals surface area contributed by atoms with Crippen LogP contribution in [0.1, 0.15) is 5.56 Å². The van der Waals surface area contributed by atoms with Crippen LogP contribution in [0.5, 0.6) is 0 Å². The summed E-state index contributed by atoms with van der Waals surface area (Å²) in [5.41, 5.74) is 3.43. The molecule has 0 bridgehead atoms. The largest absolute Gasteiger partial charge is 0.353 e. The smallest absolute Gasteiger partial charge is 0.279 e. The number of fused-ring (bicyclic) bond motifs is 1. The summed E-state index contributed by atoms with van der Waals surface area (Å²) >= 11 is 0. The number of anilines is 1. The molecule has 3 aromatic heterocycles. The number of nitrogens with zero attached hydrogens (tertiary/aromatic N) is 7. The van der Waals surface area contributed by atoms with Crippen molar-refractivity contribution in [2.45, 2.75) is 13.5 Å². The minimum Gasteiger partial charge on any atom is -0.353 e. The molecule has 1 saturated heterocycles. The SMILES string of the molecule is Cc1cccc(-c2noc(-c3nn(CC(=O)N4CCN(c5ccccn5)CC4)c4ccccc34)n2)c1. The lowest BCUT2D eigenvalue weighted by Gasteiger charge is -2.35. The third-order valence-electron chi connectivity index (χ3n) is 6.45. The quantitative estimate of drug-likeness (QED) is 0.378. The van der Waals surface area contributed by atoms with Crippen molar-refractivity contribution in [3.8, 4) is 23.0 Å². The van der Waals surface area contributed by atoms with Crippen LogP contribution in [-0.2, 0) is 11.3 Å². The van der Waals surface area contributed by atoms with Gasteiger partial charge in [-0.1, -0.05) is 53.2 Å². The highest BCUT2D eigenvalue weighted by atomic mass is 16.5. The number of carbonyl (C=O) groups is 1. The lowest BCUT2D eigenvalue weighted by atomic mass is 10.1. The molecule has 6 rings (SSSR count). The number of pyridine rings is 1. The first-order valence-electron chi connectivity index (χ1n) is 12.0. The predicted octanol–water partition coefficient (Wildman–Crippen LogP) is 3.81. The number of para-hydroxylation sites is 1. The summed E-state index contributed by atoms with van der Waals surface area (Å²) in [7, 11) is 0. The highest BCUT2D eigenvalue weighted by molar-refractivity contribution is 5.92. The number of aryl methyl sites for hydroxylation is 1. The predicted molar refractivity (Wildman–Crippen MR) is 136 cm³/mol. The summed E-state index contributed by atoms with van der Waals surface area (Å²) in [5.74, 6) is 1.81. The van der Waals surface area contributed by atoms with Gasteiger partial charge in [-0.15, -0.1) is 0 Å². The van der Waals surface area contributed by atoms with E-state index in [0.717, 1.165) is 40.9 Å². The van der Waals surface area contributed by atoms with Crippen molar-refractivity contribution in [1.82, 2.24) is 29.8 Å². The van der Waals surface area contributed by atoms with Gasteiger partial charge in [-0.2, -0.15) is 10.1 Å². The van der Waals surface area contributed by atoms with Crippen LogP contribution in [0, 0.1) is 6.92 Å². The lowest BCUT2D eigenvalue weighted by Crippen LogP contribution is -2.49. The second kappa shape index (κ2) is 9.26. The van der Waals surface area contributed by atoms with Crippen molar-refractivity contribution in [2.75, 3.05) is 31.1 Å². The number of benzene rings is 2. The molecular formula is C27H25N7O2. The Kier molecular flexibility index (Phi) is 5.65. The average Bonchev–Trinajstić information content (AvgIpc) is 3.55. The fourth-order valence-electron chi connectivity index (χ4n) is 4.58. The maximum Gasteiger partial charge on any atom is 0.279 e. The molecule has 9 nitrogen and oxygen atoms in total. The van der Waals surface area contributed by atoms with Crippen LogP contribution in [-0.4, -0.2) is 61.9 Å². The molecule has 0 atom stereocenters. The van der Waals surface area contributed by atoms with E-state index >= 15 is 0 Å². The lowest BCUT2D eigenvalue weighted by molar-refractivity contribution is -0.132. The van der Waals surface area contributed by atoms with Gasteiger partial charge in [0.2, 0.25) is 11.7 Å². The number of amides is 1. The maximum absolute atomic E-state index is 13.2. The molecule has 0 unspecified atom stereocenters. The Morgan fingerprint density at radius 3 is 2.61 bits per heavy atom. The fourth-order valence-corrected chi connectivity index (χ4v) is 4.58. The Morgan fingerprint density at radius 2 is 1.81 bits per heavy atom. The van der Waals surface area contributed by atoms with Crippen molar-refractivity contribution in [3.63, 3.8) is 0 Å². The summed E-state index contributed by atoms with van der Waals surface area (Å²) < 4.78 is 7.33. The van der Waals surface area contributed by atoms with E-state index < -0.39 is 0 Å². The van der Waals surface area contributed by atoms with Gasteiger partial charge in [-0.25, -0.2) is 4.98 Å². The van der Waals surface area contributed by atoms with E-state index in [1.165, 1.54) is 0 Å². The van der Waals surface area contributed by atoms with Crippen LogP contribution in [0.2, 0.25) is 0 Å². The first kappa shape index (κ1) is 22.0. The molecule has 0 saturated carbocycles. The number of carbonyl (C=O) groups excluding carboxylic acids is 1. The summed E-state index contributed by atoms with van der Waals surface area (Å²) in [6, 6.07) is 21.6. The Hall–Kier alpha value is -4.53. The van der Waals surface area contributed by atoms with Gasteiger partial charge in [0.15, 0.2) is 5.69 Å². The van der Waals surface area contributed by atoms with Crippen LogP contribution in [0.15, 0.2) is 77.4 Å². The molecular weight excluding hydrogens is 454 g/mol. The Balaban J connectivity index is 1.22. The molecule has 2 aromatic carbocycles. The van der Waals surface area contributed by atoms with Crippen molar-refractivity contribution in [1.29, 1.82) is 0 Å². The summed E-state index contributed by atoms with van der Waals surface area (Å²) in [6.45, 7) is 4.95. The number of aromatic nitrogens is 5.